The van der Waals surface area contributed by atoms with Gasteiger partial charge >= 0.3 is 0 Å². The molecule has 1 heterocycles. The molecule has 0 aromatic carbocycles. The number of carbonyl (C=O) groups is 2. The predicted molar refractivity (Wildman–Crippen MR) is 41.0 cm³/mol. The Labute approximate surface area is 70.6 Å². The van der Waals surface area contributed by atoms with E-state index in [9.17, 15) is 9.59 Å². The third-order valence-electron chi connectivity index (χ3n) is 1.64. The van der Waals surface area contributed by atoms with Crippen molar-refractivity contribution in [1.82, 2.24) is 10.4 Å². The number of rotatable bonds is 3. The zero-order valence-corrected chi connectivity index (χ0v) is 7.00. The van der Waals surface area contributed by atoms with E-state index < -0.39 is 0 Å². The molecule has 0 aromatic rings. The molecular weight excluding hydrogens is 160 g/mol. The Morgan fingerprint density at radius 2 is 2.50 bits per heavy atom. The summed E-state index contributed by atoms with van der Waals surface area (Å²) in [6.07, 6.45) is 0.718. The summed E-state index contributed by atoms with van der Waals surface area (Å²) in [5.74, 6) is -0.191. The van der Waals surface area contributed by atoms with Crippen molar-refractivity contribution in [2.45, 2.75) is 12.8 Å². The SMILES string of the molecule is COCCC(=O)N1CCC(=O)N1. The van der Waals surface area contributed by atoms with Crippen molar-refractivity contribution in [3.05, 3.63) is 0 Å². The Morgan fingerprint density at radius 3 is 3.00 bits per heavy atom. The van der Waals surface area contributed by atoms with Crippen LogP contribution in [0.5, 0.6) is 0 Å². The van der Waals surface area contributed by atoms with Crippen LogP contribution in [0, 0.1) is 0 Å². The molecule has 1 aliphatic heterocycles. The lowest BCUT2D eigenvalue weighted by Crippen LogP contribution is -2.38. The Morgan fingerprint density at radius 1 is 1.75 bits per heavy atom. The number of hydrogen-bond donors (Lipinski definition) is 1. The summed E-state index contributed by atoms with van der Waals surface area (Å²) in [7, 11) is 1.54. The molecule has 0 radical (unpaired) electrons. The van der Waals surface area contributed by atoms with Gasteiger partial charge in [0.05, 0.1) is 19.6 Å². The normalized spacial score (nSPS) is 16.4. The maximum atomic E-state index is 11.2. The van der Waals surface area contributed by atoms with Crippen LogP contribution in [0.3, 0.4) is 0 Å². The van der Waals surface area contributed by atoms with Gasteiger partial charge in [0.2, 0.25) is 11.8 Å². The molecule has 0 aromatic heterocycles. The summed E-state index contributed by atoms with van der Waals surface area (Å²) in [5, 5.41) is 1.33. The van der Waals surface area contributed by atoms with Crippen molar-refractivity contribution in [3.8, 4) is 0 Å². The van der Waals surface area contributed by atoms with Crippen LogP contribution in [-0.2, 0) is 14.3 Å². The first kappa shape index (κ1) is 8.99. The van der Waals surface area contributed by atoms with Gasteiger partial charge in [-0.1, -0.05) is 0 Å². The summed E-state index contributed by atoms with van der Waals surface area (Å²) in [6.45, 7) is 0.868. The Hall–Kier alpha value is -1.10. The van der Waals surface area contributed by atoms with E-state index in [0.29, 0.717) is 26.0 Å². The summed E-state index contributed by atoms with van der Waals surface area (Å²) < 4.78 is 4.74. The topological polar surface area (TPSA) is 58.6 Å². The lowest BCUT2D eigenvalue weighted by molar-refractivity contribution is -0.137. The first-order valence-corrected chi connectivity index (χ1v) is 3.83. The predicted octanol–water partition coefficient (Wildman–Crippen LogP) is -0.714. The van der Waals surface area contributed by atoms with Crippen molar-refractivity contribution in [2.24, 2.45) is 0 Å². The van der Waals surface area contributed by atoms with Gasteiger partial charge < -0.3 is 4.74 Å². The summed E-state index contributed by atoms with van der Waals surface area (Å²) in [5.41, 5.74) is 2.45. The maximum Gasteiger partial charge on any atom is 0.243 e. The van der Waals surface area contributed by atoms with E-state index in [4.69, 9.17) is 4.74 Å². The quantitative estimate of drug-likeness (QED) is 0.611. The van der Waals surface area contributed by atoms with Gasteiger partial charge in [-0.15, -0.1) is 0 Å². The van der Waals surface area contributed by atoms with Crippen molar-refractivity contribution in [3.63, 3.8) is 0 Å². The largest absolute Gasteiger partial charge is 0.384 e. The van der Waals surface area contributed by atoms with Gasteiger partial charge in [-0.05, 0) is 0 Å². The third kappa shape index (κ3) is 2.20. The van der Waals surface area contributed by atoms with Crippen molar-refractivity contribution in [1.29, 1.82) is 0 Å². The Balaban J connectivity index is 2.28. The summed E-state index contributed by atoms with van der Waals surface area (Å²) in [6, 6.07) is 0. The highest BCUT2D eigenvalue weighted by atomic mass is 16.5. The van der Waals surface area contributed by atoms with Crippen LogP contribution in [0.2, 0.25) is 0 Å². The van der Waals surface area contributed by atoms with Crippen LogP contribution in [0.1, 0.15) is 12.8 Å². The molecule has 1 aliphatic rings. The van der Waals surface area contributed by atoms with Crippen LogP contribution in [0.15, 0.2) is 0 Å². The molecule has 68 valence electrons. The molecule has 1 fully saturated rings. The number of ether oxygens (including phenoxy) is 1. The van der Waals surface area contributed by atoms with E-state index in [0.717, 1.165) is 0 Å². The molecule has 0 unspecified atom stereocenters. The van der Waals surface area contributed by atoms with E-state index >= 15 is 0 Å². The van der Waals surface area contributed by atoms with Gasteiger partial charge in [0, 0.05) is 13.5 Å². The molecule has 0 aliphatic carbocycles. The van der Waals surface area contributed by atoms with Gasteiger partial charge in [0.15, 0.2) is 0 Å². The average Bonchev–Trinajstić information content (AvgIpc) is 2.47. The van der Waals surface area contributed by atoms with E-state index in [-0.39, 0.29) is 11.8 Å². The van der Waals surface area contributed by atoms with E-state index in [1.165, 1.54) is 12.1 Å². The molecular formula is C7H12N2O3. The third-order valence-corrected chi connectivity index (χ3v) is 1.64. The van der Waals surface area contributed by atoms with E-state index in [1.807, 2.05) is 0 Å². The summed E-state index contributed by atoms with van der Waals surface area (Å²) in [4.78, 5) is 21.9. The maximum absolute atomic E-state index is 11.2. The molecule has 5 nitrogen and oxygen atoms in total. The average molecular weight is 172 g/mol. The van der Waals surface area contributed by atoms with Gasteiger partial charge in [0.25, 0.3) is 0 Å². The van der Waals surface area contributed by atoms with E-state index in [1.54, 1.807) is 0 Å². The number of hydrazine groups is 1. The molecule has 0 saturated carbocycles. The molecule has 5 heteroatoms. The molecule has 1 rings (SSSR count). The molecule has 1 N–H and O–H groups in total. The fourth-order valence-electron chi connectivity index (χ4n) is 0.987. The van der Waals surface area contributed by atoms with Crippen LogP contribution in [-0.4, -0.2) is 37.1 Å². The smallest absolute Gasteiger partial charge is 0.243 e. The first-order chi connectivity index (χ1) is 5.74. The standard InChI is InChI=1S/C7H12N2O3/c1-12-5-3-7(11)9-4-2-6(10)8-9/h2-5H2,1H3,(H,8,10). The highest BCUT2D eigenvalue weighted by molar-refractivity contribution is 5.85. The Kier molecular flexibility index (Phi) is 3.04. The highest BCUT2D eigenvalue weighted by Gasteiger charge is 2.22. The molecule has 0 spiro atoms. The number of hydrogen-bond acceptors (Lipinski definition) is 3. The second-order valence-corrected chi connectivity index (χ2v) is 2.57. The van der Waals surface area contributed by atoms with Gasteiger partial charge in [-0.3, -0.25) is 20.0 Å². The van der Waals surface area contributed by atoms with Crippen LogP contribution in [0.4, 0.5) is 0 Å². The highest BCUT2D eigenvalue weighted by Crippen LogP contribution is 2.00. The molecule has 0 bridgehead atoms. The minimum Gasteiger partial charge on any atom is -0.384 e. The number of amides is 2. The zero-order valence-electron chi connectivity index (χ0n) is 7.00. The number of nitrogens with zero attached hydrogens (tertiary/aromatic N) is 1. The molecule has 12 heavy (non-hydrogen) atoms. The molecule has 0 atom stereocenters. The van der Waals surface area contributed by atoms with Crippen molar-refractivity contribution < 1.29 is 14.3 Å². The second-order valence-electron chi connectivity index (χ2n) is 2.57. The van der Waals surface area contributed by atoms with Crippen molar-refractivity contribution >= 4 is 11.8 Å². The first-order valence-electron chi connectivity index (χ1n) is 3.83. The van der Waals surface area contributed by atoms with E-state index in [2.05, 4.69) is 5.43 Å². The van der Waals surface area contributed by atoms with Gasteiger partial charge in [-0.25, -0.2) is 0 Å². The van der Waals surface area contributed by atoms with Crippen LogP contribution >= 0.6 is 0 Å². The minimum atomic E-state index is -0.0965. The lowest BCUT2D eigenvalue weighted by Gasteiger charge is -2.13. The number of carbonyl (C=O) groups excluding carboxylic acids is 2. The Bertz CT molecular complexity index is 193. The zero-order chi connectivity index (χ0) is 8.97. The van der Waals surface area contributed by atoms with Gasteiger partial charge in [0.1, 0.15) is 0 Å². The van der Waals surface area contributed by atoms with Crippen LogP contribution in [0.25, 0.3) is 0 Å². The van der Waals surface area contributed by atoms with Crippen LogP contribution < -0.4 is 5.43 Å². The molecule has 1 saturated heterocycles. The number of methoxy groups -OCH3 is 1. The molecule has 2 amide bonds. The fraction of sp³-hybridized carbons (Fsp3) is 0.714. The number of nitrogens with one attached hydrogen (secondary N) is 1. The monoisotopic (exact) mass is 172 g/mol. The van der Waals surface area contributed by atoms with Crippen molar-refractivity contribution in [2.75, 3.05) is 20.3 Å². The summed E-state index contributed by atoms with van der Waals surface area (Å²) >= 11 is 0. The fourth-order valence-corrected chi connectivity index (χ4v) is 0.987. The van der Waals surface area contributed by atoms with Gasteiger partial charge in [-0.2, -0.15) is 0 Å². The second kappa shape index (κ2) is 4.06. The minimum absolute atomic E-state index is 0.0947. The lowest BCUT2D eigenvalue weighted by atomic mass is 10.4.